The summed E-state index contributed by atoms with van der Waals surface area (Å²) in [4.78, 5) is 26.0. The average Bonchev–Trinajstić information content (AvgIpc) is 2.99. The zero-order valence-electron chi connectivity index (χ0n) is 20.8. The first-order valence-corrected chi connectivity index (χ1v) is 12.4. The van der Waals surface area contributed by atoms with Crippen molar-refractivity contribution in [2.75, 3.05) is 6.54 Å². The molecule has 0 radical (unpaired) electrons. The van der Waals surface area contributed by atoms with Crippen LogP contribution >= 0.6 is 23.2 Å². The van der Waals surface area contributed by atoms with Crippen molar-refractivity contribution in [1.82, 2.24) is 10.2 Å². The van der Waals surface area contributed by atoms with Crippen LogP contribution in [-0.2, 0) is 16.0 Å². The van der Waals surface area contributed by atoms with Crippen molar-refractivity contribution in [3.05, 3.63) is 99.3 Å². The third-order valence-corrected chi connectivity index (χ3v) is 6.12. The molecule has 1 N–H and O–H groups in total. The summed E-state index contributed by atoms with van der Waals surface area (Å²) in [5.74, 6) is -1.28. The van der Waals surface area contributed by atoms with Crippen LogP contribution in [0.15, 0.2) is 66.8 Å². The molecule has 196 valence electrons. The van der Waals surface area contributed by atoms with E-state index in [2.05, 4.69) is 5.32 Å². The van der Waals surface area contributed by atoms with E-state index in [-0.39, 0.29) is 24.3 Å². The third kappa shape index (κ3) is 8.44. The summed E-state index contributed by atoms with van der Waals surface area (Å²) >= 11 is 12.0. The maximum absolute atomic E-state index is 15.0. The van der Waals surface area contributed by atoms with Crippen molar-refractivity contribution >= 4 is 40.8 Å². The normalized spacial score (nSPS) is 13.5. The van der Waals surface area contributed by atoms with Gasteiger partial charge in [-0.25, -0.2) is 13.6 Å². The second-order valence-corrected chi connectivity index (χ2v) is 10.1. The smallest absolute Gasteiger partial charge is 0.418 e. The second kappa shape index (κ2) is 12.4. The number of nitrogens with one attached hydrogen (secondary N) is 1. The second-order valence-electron chi connectivity index (χ2n) is 9.27. The number of allylic oxidation sites excluding steroid dienone is 4. The van der Waals surface area contributed by atoms with Gasteiger partial charge in [-0.05, 0) is 92.8 Å². The van der Waals surface area contributed by atoms with Crippen LogP contribution in [-0.4, -0.2) is 29.0 Å². The maximum atomic E-state index is 15.0. The topological polar surface area (TPSA) is 58.6 Å². The number of benzene rings is 2. The minimum Gasteiger partial charge on any atom is -0.443 e. The molecule has 2 aromatic rings. The molecule has 9 heteroatoms. The van der Waals surface area contributed by atoms with Gasteiger partial charge in [-0.1, -0.05) is 29.3 Å². The molecule has 2 aromatic carbocycles. The minimum atomic E-state index is -0.983. The molecule has 3 rings (SSSR count). The molecule has 0 unspecified atom stereocenters. The number of hydrogen-bond acceptors (Lipinski definition) is 3. The Bertz CT molecular complexity index is 1250. The zero-order chi connectivity index (χ0) is 27.2. The molecule has 37 heavy (non-hydrogen) atoms. The number of rotatable bonds is 8. The molecular formula is C28H28Cl2F2N2O3. The van der Waals surface area contributed by atoms with Gasteiger partial charge in [-0.2, -0.15) is 0 Å². The molecule has 0 fully saturated rings. The first kappa shape index (κ1) is 28.4. The van der Waals surface area contributed by atoms with Gasteiger partial charge in [-0.3, -0.25) is 9.69 Å². The fourth-order valence-electron chi connectivity index (χ4n) is 3.75. The molecule has 0 atom stereocenters. The predicted molar refractivity (Wildman–Crippen MR) is 142 cm³/mol. The van der Waals surface area contributed by atoms with Crippen LogP contribution in [0.4, 0.5) is 13.6 Å². The Hall–Kier alpha value is -3.16. The van der Waals surface area contributed by atoms with Gasteiger partial charge in [0, 0.05) is 34.8 Å². The van der Waals surface area contributed by atoms with E-state index in [1.807, 2.05) is 0 Å². The number of carbonyl (C=O) groups is 2. The van der Waals surface area contributed by atoms with Crippen LogP contribution in [0, 0.1) is 12.7 Å². The van der Waals surface area contributed by atoms with Crippen LogP contribution < -0.4 is 5.32 Å². The monoisotopic (exact) mass is 548 g/mol. The number of carbonyl (C=O) groups excluding carboxylic acids is 2. The van der Waals surface area contributed by atoms with Crippen LogP contribution in [0.3, 0.4) is 0 Å². The SMILES string of the molecule is Cc1cc(F)ccc1C1=CC=CN(C(=O)OC(C)(C)CCC(=O)NCCc2cc(Cl)cc(Cl)c2)C=C1F. The number of halogens is 4. The lowest BCUT2D eigenvalue weighted by Gasteiger charge is -2.27. The molecule has 1 aliphatic heterocycles. The van der Waals surface area contributed by atoms with Crippen molar-refractivity contribution < 1.29 is 23.1 Å². The maximum Gasteiger partial charge on any atom is 0.418 e. The fraction of sp³-hybridized carbons (Fsp3) is 0.286. The van der Waals surface area contributed by atoms with Gasteiger partial charge < -0.3 is 10.1 Å². The van der Waals surface area contributed by atoms with Gasteiger partial charge in [0.25, 0.3) is 0 Å². The number of ether oxygens (including phenoxy) is 1. The summed E-state index contributed by atoms with van der Waals surface area (Å²) in [5.41, 5.74) is 1.23. The largest absolute Gasteiger partial charge is 0.443 e. The molecule has 1 heterocycles. The van der Waals surface area contributed by atoms with E-state index in [1.54, 1.807) is 39.0 Å². The van der Waals surface area contributed by atoms with Crippen molar-refractivity contribution in [1.29, 1.82) is 0 Å². The fourth-order valence-corrected chi connectivity index (χ4v) is 4.32. The summed E-state index contributed by atoms with van der Waals surface area (Å²) in [6, 6.07) is 9.27. The zero-order valence-corrected chi connectivity index (χ0v) is 22.3. The quantitative estimate of drug-likeness (QED) is 0.371. The number of hydrogen-bond donors (Lipinski definition) is 1. The van der Waals surface area contributed by atoms with Gasteiger partial charge in [0.05, 0.1) is 6.20 Å². The Morgan fingerprint density at radius 1 is 1.08 bits per heavy atom. The lowest BCUT2D eigenvalue weighted by Crippen LogP contribution is -2.35. The molecule has 0 saturated heterocycles. The third-order valence-electron chi connectivity index (χ3n) is 5.68. The molecular weight excluding hydrogens is 521 g/mol. The summed E-state index contributed by atoms with van der Waals surface area (Å²) in [5, 5.41) is 3.89. The Morgan fingerprint density at radius 3 is 2.46 bits per heavy atom. The Labute approximate surface area is 225 Å². The Kier molecular flexibility index (Phi) is 9.51. The predicted octanol–water partition coefficient (Wildman–Crippen LogP) is 7.52. The van der Waals surface area contributed by atoms with Crippen LogP contribution in [0.1, 0.15) is 43.4 Å². The van der Waals surface area contributed by atoms with E-state index in [4.69, 9.17) is 27.9 Å². The summed E-state index contributed by atoms with van der Waals surface area (Å²) < 4.78 is 34.0. The van der Waals surface area contributed by atoms with Crippen LogP contribution in [0.5, 0.6) is 0 Å². The van der Waals surface area contributed by atoms with E-state index in [0.717, 1.165) is 16.7 Å². The molecule has 5 nitrogen and oxygen atoms in total. The average molecular weight is 549 g/mol. The van der Waals surface area contributed by atoms with E-state index < -0.39 is 23.3 Å². The summed E-state index contributed by atoms with van der Waals surface area (Å²) in [6.45, 7) is 5.44. The van der Waals surface area contributed by atoms with Gasteiger partial charge in [-0.15, -0.1) is 0 Å². The van der Waals surface area contributed by atoms with Crippen molar-refractivity contribution in [2.24, 2.45) is 0 Å². The van der Waals surface area contributed by atoms with E-state index >= 15 is 0 Å². The molecule has 0 spiro atoms. The van der Waals surface area contributed by atoms with E-state index in [9.17, 15) is 18.4 Å². The van der Waals surface area contributed by atoms with Crippen molar-refractivity contribution in [2.45, 2.75) is 45.6 Å². The van der Waals surface area contributed by atoms with Gasteiger partial charge >= 0.3 is 6.09 Å². The molecule has 2 amide bonds. The first-order chi connectivity index (χ1) is 17.4. The standard InChI is InChI=1S/C28H28Cl2F2N2O3/c1-18-13-22(31)6-7-23(18)24-5-4-12-34(17-25(24)32)27(36)37-28(2,3)10-8-26(35)33-11-9-19-14-20(29)16-21(30)15-19/h4-7,12-17H,8-11H2,1-3H3,(H,33,35). The lowest BCUT2D eigenvalue weighted by atomic mass is 9.99. The minimum absolute atomic E-state index is 0.131. The Morgan fingerprint density at radius 2 is 1.78 bits per heavy atom. The van der Waals surface area contributed by atoms with Gasteiger partial charge in [0.15, 0.2) is 0 Å². The lowest BCUT2D eigenvalue weighted by molar-refractivity contribution is -0.122. The highest BCUT2D eigenvalue weighted by Gasteiger charge is 2.27. The highest BCUT2D eigenvalue weighted by molar-refractivity contribution is 6.34. The highest BCUT2D eigenvalue weighted by Crippen LogP contribution is 2.30. The van der Waals surface area contributed by atoms with Gasteiger partial charge in [0.1, 0.15) is 17.2 Å². The number of aryl methyl sites for hydroxylation is 1. The van der Waals surface area contributed by atoms with Crippen LogP contribution in [0.2, 0.25) is 10.0 Å². The number of amides is 2. The molecule has 0 aromatic heterocycles. The molecule has 0 saturated carbocycles. The van der Waals surface area contributed by atoms with Crippen LogP contribution in [0.25, 0.3) is 5.57 Å². The molecule has 1 aliphatic rings. The van der Waals surface area contributed by atoms with E-state index in [1.165, 1.54) is 36.6 Å². The van der Waals surface area contributed by atoms with Gasteiger partial charge in [0.2, 0.25) is 5.91 Å². The van der Waals surface area contributed by atoms with Crippen molar-refractivity contribution in [3.63, 3.8) is 0 Å². The number of nitrogens with zero attached hydrogens (tertiary/aromatic N) is 1. The van der Waals surface area contributed by atoms with E-state index in [0.29, 0.717) is 34.1 Å². The first-order valence-electron chi connectivity index (χ1n) is 11.7. The molecule has 0 bridgehead atoms. The highest BCUT2D eigenvalue weighted by atomic mass is 35.5. The molecule has 0 aliphatic carbocycles. The summed E-state index contributed by atoms with van der Waals surface area (Å²) in [7, 11) is 0. The summed E-state index contributed by atoms with van der Waals surface area (Å²) in [6.07, 6.45) is 5.57. The Balaban J connectivity index is 1.51. The van der Waals surface area contributed by atoms with Crippen molar-refractivity contribution in [3.8, 4) is 0 Å².